The lowest BCUT2D eigenvalue weighted by Crippen LogP contribution is -2.40. The average molecular weight is 431 g/mol. The number of anilines is 1. The molecule has 0 bridgehead atoms. The van der Waals surface area contributed by atoms with E-state index in [1.807, 2.05) is 13.0 Å². The van der Waals surface area contributed by atoms with Crippen molar-refractivity contribution < 1.29 is 13.9 Å². The van der Waals surface area contributed by atoms with Crippen LogP contribution in [0.2, 0.25) is 0 Å². The first-order valence-corrected chi connectivity index (χ1v) is 11.8. The van der Waals surface area contributed by atoms with Gasteiger partial charge >= 0.3 is 0 Å². The Morgan fingerprint density at radius 1 is 1.20 bits per heavy atom. The van der Waals surface area contributed by atoms with Gasteiger partial charge in [-0.3, -0.25) is 4.79 Å². The van der Waals surface area contributed by atoms with E-state index in [0.717, 1.165) is 22.4 Å². The molecule has 1 amide bonds. The Morgan fingerprint density at radius 2 is 1.97 bits per heavy atom. The normalized spacial score (nSPS) is 17.9. The summed E-state index contributed by atoms with van der Waals surface area (Å²) in [5.74, 6) is 2.64. The number of hydrogen-bond donors (Lipinski definition) is 0. The van der Waals surface area contributed by atoms with E-state index in [2.05, 4.69) is 23.0 Å². The predicted molar refractivity (Wildman–Crippen MR) is 117 cm³/mol. The second-order valence-electron chi connectivity index (χ2n) is 8.01. The molecular weight excluding hydrogens is 400 g/mol. The number of carbonyl (C=O) groups is 1. The zero-order valence-corrected chi connectivity index (χ0v) is 18.6. The number of aryl methyl sites for hydroxylation is 1. The molecule has 0 spiro atoms. The van der Waals surface area contributed by atoms with Gasteiger partial charge in [-0.1, -0.05) is 31.0 Å². The Morgan fingerprint density at radius 3 is 2.73 bits per heavy atom. The van der Waals surface area contributed by atoms with Gasteiger partial charge in [-0.2, -0.15) is 0 Å². The van der Waals surface area contributed by atoms with E-state index in [4.69, 9.17) is 14.1 Å². The number of ether oxygens (including phenoxy) is 1. The molecule has 1 saturated carbocycles. The van der Waals surface area contributed by atoms with Crippen LogP contribution in [0.25, 0.3) is 0 Å². The van der Waals surface area contributed by atoms with Crippen LogP contribution in [-0.4, -0.2) is 60.2 Å². The first kappa shape index (κ1) is 21.2. The summed E-state index contributed by atoms with van der Waals surface area (Å²) in [6.07, 6.45) is 6.39. The number of morpholine rings is 1. The van der Waals surface area contributed by atoms with Gasteiger partial charge in [0.1, 0.15) is 11.6 Å². The lowest BCUT2D eigenvalue weighted by molar-refractivity contribution is 0.0282. The summed E-state index contributed by atoms with van der Waals surface area (Å²) >= 11 is 1.54. The van der Waals surface area contributed by atoms with Crippen LogP contribution in [0.1, 0.15) is 54.1 Å². The fraction of sp³-hybridized carbons (Fsp3) is 0.591. The first-order valence-electron chi connectivity index (χ1n) is 10.8. The van der Waals surface area contributed by atoms with Crippen molar-refractivity contribution in [2.75, 3.05) is 38.3 Å². The maximum atomic E-state index is 12.5. The molecule has 0 atom stereocenters. The number of nitrogens with zero attached hydrogens (tertiary/aromatic N) is 4. The summed E-state index contributed by atoms with van der Waals surface area (Å²) in [5.41, 5.74) is 0.966. The maximum Gasteiger partial charge on any atom is 0.289 e. The highest BCUT2D eigenvalue weighted by Crippen LogP contribution is 2.28. The maximum absolute atomic E-state index is 12.5. The number of rotatable bonds is 6. The molecule has 1 aliphatic heterocycles. The van der Waals surface area contributed by atoms with Crippen molar-refractivity contribution >= 4 is 23.5 Å². The number of aromatic nitrogens is 2. The minimum atomic E-state index is -0.0715. The van der Waals surface area contributed by atoms with Gasteiger partial charge in [0, 0.05) is 37.9 Å². The summed E-state index contributed by atoms with van der Waals surface area (Å²) < 4.78 is 11.1. The molecule has 7 nitrogen and oxygen atoms in total. The van der Waals surface area contributed by atoms with Crippen LogP contribution in [0.3, 0.4) is 0 Å². The fourth-order valence-corrected chi connectivity index (χ4v) is 4.85. The van der Waals surface area contributed by atoms with Gasteiger partial charge in [0.05, 0.1) is 19.0 Å². The highest BCUT2D eigenvalue weighted by molar-refractivity contribution is 7.98. The van der Waals surface area contributed by atoms with E-state index < -0.39 is 0 Å². The topological polar surface area (TPSA) is 71.7 Å². The molecule has 0 N–H and O–H groups in total. The van der Waals surface area contributed by atoms with Crippen LogP contribution >= 0.6 is 11.8 Å². The summed E-state index contributed by atoms with van der Waals surface area (Å²) in [6, 6.07) is 6.24. The van der Waals surface area contributed by atoms with Gasteiger partial charge in [-0.15, -0.1) is 0 Å². The summed E-state index contributed by atoms with van der Waals surface area (Å²) in [7, 11) is 2.14. The van der Waals surface area contributed by atoms with Crippen LogP contribution in [0, 0.1) is 6.92 Å². The quantitative estimate of drug-likeness (QED) is 0.508. The molecule has 2 aromatic rings. The van der Waals surface area contributed by atoms with Crippen LogP contribution < -0.4 is 4.90 Å². The molecule has 2 aliphatic rings. The average Bonchev–Trinajstić information content (AvgIpc) is 3.26. The molecule has 0 radical (unpaired) electrons. The van der Waals surface area contributed by atoms with E-state index in [1.54, 1.807) is 11.0 Å². The zero-order chi connectivity index (χ0) is 20.9. The van der Waals surface area contributed by atoms with Crippen molar-refractivity contribution in [3.05, 3.63) is 35.4 Å². The van der Waals surface area contributed by atoms with Crippen molar-refractivity contribution in [2.24, 2.45) is 0 Å². The third-order valence-electron chi connectivity index (χ3n) is 5.82. The van der Waals surface area contributed by atoms with Crippen molar-refractivity contribution in [3.63, 3.8) is 0 Å². The van der Waals surface area contributed by atoms with Crippen LogP contribution in [0.15, 0.2) is 27.8 Å². The van der Waals surface area contributed by atoms with Crippen LogP contribution in [-0.2, 0) is 10.5 Å². The summed E-state index contributed by atoms with van der Waals surface area (Å²) in [4.78, 5) is 26.0. The Balaban J connectivity index is 1.38. The molecule has 0 unspecified atom stereocenters. The molecule has 4 rings (SSSR count). The number of amides is 1. The van der Waals surface area contributed by atoms with Gasteiger partial charge < -0.3 is 19.0 Å². The zero-order valence-electron chi connectivity index (χ0n) is 17.8. The molecule has 2 fully saturated rings. The van der Waals surface area contributed by atoms with Gasteiger partial charge in [0.2, 0.25) is 0 Å². The lowest BCUT2D eigenvalue weighted by Gasteiger charge is -2.32. The highest BCUT2D eigenvalue weighted by Gasteiger charge is 2.22. The Kier molecular flexibility index (Phi) is 6.94. The lowest BCUT2D eigenvalue weighted by atomic mass is 9.94. The fourth-order valence-electron chi connectivity index (χ4n) is 4.05. The third kappa shape index (κ3) is 5.16. The molecule has 30 heavy (non-hydrogen) atoms. The largest absolute Gasteiger partial charge is 0.455 e. The van der Waals surface area contributed by atoms with Gasteiger partial charge in [0.25, 0.3) is 5.91 Å². The van der Waals surface area contributed by atoms with E-state index in [-0.39, 0.29) is 5.91 Å². The number of hydrogen-bond acceptors (Lipinski definition) is 7. The predicted octanol–water partition coefficient (Wildman–Crippen LogP) is 3.91. The molecule has 8 heteroatoms. The second kappa shape index (κ2) is 9.83. The highest BCUT2D eigenvalue weighted by atomic mass is 32.2. The molecular formula is C22H30N4O3S. The molecule has 1 aliphatic carbocycles. The minimum absolute atomic E-state index is 0.0715. The van der Waals surface area contributed by atoms with E-state index in [9.17, 15) is 4.79 Å². The number of furan rings is 1. The Bertz CT molecular complexity index is 860. The van der Waals surface area contributed by atoms with Crippen LogP contribution in [0.4, 0.5) is 5.82 Å². The smallest absolute Gasteiger partial charge is 0.289 e. The molecule has 3 heterocycles. The molecule has 2 aromatic heterocycles. The van der Waals surface area contributed by atoms with Crippen molar-refractivity contribution in [2.45, 2.75) is 56.0 Å². The number of thioether (sulfide) groups is 1. The van der Waals surface area contributed by atoms with Crippen LogP contribution in [0.5, 0.6) is 0 Å². The van der Waals surface area contributed by atoms with Gasteiger partial charge in [-0.05, 0) is 31.9 Å². The SMILES string of the molecule is Cc1cc(N(C)C2CCCCC2)nc(SCc2ccc(C(=O)N3CCOCC3)o2)n1. The first-order chi connectivity index (χ1) is 14.6. The van der Waals surface area contributed by atoms with E-state index in [1.165, 1.54) is 43.9 Å². The second-order valence-corrected chi connectivity index (χ2v) is 8.95. The monoisotopic (exact) mass is 430 g/mol. The standard InChI is InChI=1S/C22H30N4O3S/c1-16-14-20(25(2)17-6-4-3-5-7-17)24-22(23-16)30-15-18-8-9-19(29-18)21(27)26-10-12-28-13-11-26/h8-9,14,17H,3-7,10-13,15H2,1-2H3. The van der Waals surface area contributed by atoms with Crippen molar-refractivity contribution in [1.29, 1.82) is 0 Å². The molecule has 0 aromatic carbocycles. The summed E-state index contributed by atoms with van der Waals surface area (Å²) in [6.45, 7) is 4.39. The number of carbonyl (C=O) groups excluding carboxylic acids is 1. The van der Waals surface area contributed by atoms with Crippen molar-refractivity contribution in [1.82, 2.24) is 14.9 Å². The summed E-state index contributed by atoms with van der Waals surface area (Å²) in [5, 5.41) is 0.741. The third-order valence-corrected chi connectivity index (χ3v) is 6.69. The van der Waals surface area contributed by atoms with E-state index >= 15 is 0 Å². The van der Waals surface area contributed by atoms with Gasteiger partial charge in [0.15, 0.2) is 10.9 Å². The minimum Gasteiger partial charge on any atom is -0.455 e. The van der Waals surface area contributed by atoms with Gasteiger partial charge in [-0.25, -0.2) is 9.97 Å². The van der Waals surface area contributed by atoms with Crippen molar-refractivity contribution in [3.8, 4) is 0 Å². The Hall–Kier alpha value is -2.06. The molecule has 1 saturated heterocycles. The molecule has 162 valence electrons. The Labute approximate surface area is 182 Å². The van der Waals surface area contributed by atoms with E-state index in [0.29, 0.717) is 43.9 Å².